The standard InChI is InChI=1S/C18H17N3O2/c1-13-7-9-15(10-8-13)20-12-14(11-19)18(22)21-16-5-3-4-6-17(16)23-2/h3-10,12,20H,1-2H3,(H,21,22)/b14-12-. The largest absolute Gasteiger partial charge is 0.495 e. The fourth-order valence-electron chi connectivity index (χ4n) is 1.89. The van der Waals surface area contributed by atoms with Crippen molar-refractivity contribution < 1.29 is 9.53 Å². The summed E-state index contributed by atoms with van der Waals surface area (Å²) in [5.74, 6) is 0.0289. The molecule has 0 saturated heterocycles. The molecular weight excluding hydrogens is 290 g/mol. The van der Waals surface area contributed by atoms with Crippen LogP contribution in [0, 0.1) is 18.3 Å². The van der Waals surface area contributed by atoms with Gasteiger partial charge in [0.1, 0.15) is 17.4 Å². The third-order valence-electron chi connectivity index (χ3n) is 3.15. The lowest BCUT2D eigenvalue weighted by atomic mass is 10.2. The van der Waals surface area contributed by atoms with Crippen LogP contribution in [0.15, 0.2) is 60.3 Å². The molecule has 2 aromatic rings. The van der Waals surface area contributed by atoms with E-state index in [0.29, 0.717) is 11.4 Å². The molecular formula is C18H17N3O2. The van der Waals surface area contributed by atoms with Gasteiger partial charge >= 0.3 is 0 Å². The number of para-hydroxylation sites is 2. The minimum absolute atomic E-state index is 0.0310. The molecule has 1 amide bonds. The number of hydrogen-bond acceptors (Lipinski definition) is 4. The lowest BCUT2D eigenvalue weighted by Crippen LogP contribution is -2.15. The fourth-order valence-corrected chi connectivity index (χ4v) is 1.89. The predicted molar refractivity (Wildman–Crippen MR) is 90.1 cm³/mol. The van der Waals surface area contributed by atoms with Crippen LogP contribution in [0.2, 0.25) is 0 Å². The van der Waals surface area contributed by atoms with Crippen LogP contribution in [0.5, 0.6) is 5.75 Å². The van der Waals surface area contributed by atoms with Gasteiger partial charge in [-0.2, -0.15) is 5.26 Å². The van der Waals surface area contributed by atoms with E-state index in [2.05, 4.69) is 10.6 Å². The number of nitrogens with zero attached hydrogens (tertiary/aromatic N) is 1. The van der Waals surface area contributed by atoms with Crippen LogP contribution in [-0.2, 0) is 4.79 Å². The average Bonchev–Trinajstić information content (AvgIpc) is 2.57. The van der Waals surface area contributed by atoms with Gasteiger partial charge in [0.25, 0.3) is 5.91 Å². The van der Waals surface area contributed by atoms with Gasteiger partial charge in [-0.3, -0.25) is 4.79 Å². The SMILES string of the molecule is COc1ccccc1NC(=O)/C(C#N)=C\Nc1ccc(C)cc1. The van der Waals surface area contributed by atoms with E-state index in [0.717, 1.165) is 11.3 Å². The number of hydrogen-bond donors (Lipinski definition) is 2. The lowest BCUT2D eigenvalue weighted by molar-refractivity contribution is -0.112. The van der Waals surface area contributed by atoms with E-state index < -0.39 is 5.91 Å². The van der Waals surface area contributed by atoms with Crippen molar-refractivity contribution in [2.75, 3.05) is 17.7 Å². The summed E-state index contributed by atoms with van der Waals surface area (Å²) in [4.78, 5) is 12.2. The summed E-state index contributed by atoms with van der Waals surface area (Å²) < 4.78 is 5.17. The summed E-state index contributed by atoms with van der Waals surface area (Å²) in [6.07, 6.45) is 1.38. The van der Waals surface area contributed by atoms with Crippen LogP contribution in [0.25, 0.3) is 0 Å². The first kappa shape index (κ1) is 16.1. The smallest absolute Gasteiger partial charge is 0.267 e. The van der Waals surface area contributed by atoms with Gasteiger partial charge in [0.15, 0.2) is 0 Å². The molecule has 2 rings (SSSR count). The zero-order chi connectivity index (χ0) is 16.7. The highest BCUT2D eigenvalue weighted by molar-refractivity contribution is 6.07. The minimum atomic E-state index is -0.503. The van der Waals surface area contributed by atoms with Crippen molar-refractivity contribution in [3.8, 4) is 11.8 Å². The Kier molecular flexibility index (Phi) is 5.37. The molecule has 0 spiro atoms. The van der Waals surface area contributed by atoms with Gasteiger partial charge in [0, 0.05) is 11.9 Å². The average molecular weight is 307 g/mol. The number of amides is 1. The van der Waals surface area contributed by atoms with Crippen LogP contribution in [-0.4, -0.2) is 13.0 Å². The van der Waals surface area contributed by atoms with E-state index in [1.54, 1.807) is 24.3 Å². The molecule has 0 bridgehead atoms. The molecule has 23 heavy (non-hydrogen) atoms. The molecule has 5 heteroatoms. The van der Waals surface area contributed by atoms with Gasteiger partial charge < -0.3 is 15.4 Å². The molecule has 0 aliphatic rings. The summed E-state index contributed by atoms with van der Waals surface area (Å²) in [6.45, 7) is 1.99. The summed E-state index contributed by atoms with van der Waals surface area (Å²) in [6, 6.07) is 16.5. The van der Waals surface area contributed by atoms with Crippen LogP contribution in [0.3, 0.4) is 0 Å². The number of methoxy groups -OCH3 is 1. The second-order valence-electron chi connectivity index (χ2n) is 4.83. The number of nitriles is 1. The number of carbonyl (C=O) groups is 1. The fraction of sp³-hybridized carbons (Fsp3) is 0.111. The lowest BCUT2D eigenvalue weighted by Gasteiger charge is -2.09. The monoisotopic (exact) mass is 307 g/mol. The maximum atomic E-state index is 12.2. The third-order valence-corrected chi connectivity index (χ3v) is 3.15. The van der Waals surface area contributed by atoms with Crippen molar-refractivity contribution in [3.05, 3.63) is 65.9 Å². The Bertz CT molecular complexity index is 759. The van der Waals surface area contributed by atoms with Gasteiger partial charge in [-0.25, -0.2) is 0 Å². The number of anilines is 2. The normalized spacial score (nSPS) is 10.6. The van der Waals surface area contributed by atoms with Crippen LogP contribution in [0.4, 0.5) is 11.4 Å². The van der Waals surface area contributed by atoms with Crippen molar-refractivity contribution in [1.82, 2.24) is 0 Å². The molecule has 0 saturated carbocycles. The Morgan fingerprint density at radius 2 is 1.87 bits per heavy atom. The zero-order valence-electron chi connectivity index (χ0n) is 13.0. The molecule has 0 fully saturated rings. The Morgan fingerprint density at radius 3 is 2.52 bits per heavy atom. The molecule has 0 aliphatic heterocycles. The van der Waals surface area contributed by atoms with Gasteiger partial charge in [0.05, 0.1) is 12.8 Å². The number of carbonyl (C=O) groups excluding carboxylic acids is 1. The second-order valence-corrected chi connectivity index (χ2v) is 4.83. The van der Waals surface area contributed by atoms with Crippen molar-refractivity contribution >= 4 is 17.3 Å². The first-order valence-corrected chi connectivity index (χ1v) is 7.02. The summed E-state index contributed by atoms with van der Waals surface area (Å²) in [5.41, 5.74) is 2.41. The first-order valence-electron chi connectivity index (χ1n) is 7.02. The van der Waals surface area contributed by atoms with Crippen molar-refractivity contribution in [1.29, 1.82) is 5.26 Å². The summed E-state index contributed by atoms with van der Waals surface area (Å²) in [7, 11) is 1.52. The van der Waals surface area contributed by atoms with Crippen LogP contribution >= 0.6 is 0 Å². The van der Waals surface area contributed by atoms with Crippen LogP contribution in [0.1, 0.15) is 5.56 Å². The number of ether oxygens (including phenoxy) is 1. The third kappa shape index (κ3) is 4.35. The van der Waals surface area contributed by atoms with E-state index in [1.807, 2.05) is 37.3 Å². The molecule has 116 valence electrons. The number of rotatable bonds is 5. The summed E-state index contributed by atoms with van der Waals surface area (Å²) in [5, 5.41) is 14.8. The number of nitrogens with one attached hydrogen (secondary N) is 2. The van der Waals surface area contributed by atoms with Crippen LogP contribution < -0.4 is 15.4 Å². The van der Waals surface area contributed by atoms with E-state index in [1.165, 1.54) is 13.3 Å². The van der Waals surface area contributed by atoms with Gasteiger partial charge in [-0.05, 0) is 31.2 Å². The highest BCUT2D eigenvalue weighted by Crippen LogP contribution is 2.23. The van der Waals surface area contributed by atoms with E-state index >= 15 is 0 Å². The molecule has 2 N–H and O–H groups in total. The maximum Gasteiger partial charge on any atom is 0.267 e. The molecule has 5 nitrogen and oxygen atoms in total. The maximum absolute atomic E-state index is 12.2. The van der Waals surface area contributed by atoms with Crippen molar-refractivity contribution in [2.24, 2.45) is 0 Å². The molecule has 2 aromatic carbocycles. The van der Waals surface area contributed by atoms with E-state index in [9.17, 15) is 10.1 Å². The van der Waals surface area contributed by atoms with Gasteiger partial charge in [-0.1, -0.05) is 29.8 Å². The van der Waals surface area contributed by atoms with E-state index in [4.69, 9.17) is 4.74 Å². The second kappa shape index (κ2) is 7.66. The topological polar surface area (TPSA) is 74.1 Å². The van der Waals surface area contributed by atoms with Gasteiger partial charge in [0.2, 0.25) is 0 Å². The molecule has 0 unspecified atom stereocenters. The Hall–Kier alpha value is -3.26. The molecule has 0 aromatic heterocycles. The predicted octanol–water partition coefficient (Wildman–Crippen LogP) is 3.46. The number of aryl methyl sites for hydroxylation is 1. The summed E-state index contributed by atoms with van der Waals surface area (Å²) >= 11 is 0. The Labute approximate surface area is 135 Å². The highest BCUT2D eigenvalue weighted by Gasteiger charge is 2.11. The van der Waals surface area contributed by atoms with E-state index in [-0.39, 0.29) is 5.57 Å². The van der Waals surface area contributed by atoms with Crippen molar-refractivity contribution in [2.45, 2.75) is 6.92 Å². The number of benzene rings is 2. The van der Waals surface area contributed by atoms with Gasteiger partial charge in [-0.15, -0.1) is 0 Å². The quantitative estimate of drug-likeness (QED) is 0.655. The Morgan fingerprint density at radius 1 is 1.17 bits per heavy atom. The minimum Gasteiger partial charge on any atom is -0.495 e. The molecule has 0 atom stereocenters. The van der Waals surface area contributed by atoms with Crippen molar-refractivity contribution in [3.63, 3.8) is 0 Å². The molecule has 0 heterocycles. The molecule has 0 radical (unpaired) electrons. The Balaban J connectivity index is 2.10. The first-order chi connectivity index (χ1) is 11.1. The zero-order valence-corrected chi connectivity index (χ0v) is 13.0. The molecule has 0 aliphatic carbocycles. The highest BCUT2D eigenvalue weighted by atomic mass is 16.5.